The van der Waals surface area contributed by atoms with Crippen LogP contribution in [0.25, 0.3) is 11.0 Å². The molecular weight excluding hydrogens is 402 g/mol. The Kier molecular flexibility index (Phi) is 5.97. The van der Waals surface area contributed by atoms with Gasteiger partial charge in [0.15, 0.2) is 0 Å². The molecule has 4 heterocycles. The van der Waals surface area contributed by atoms with Crippen LogP contribution < -0.4 is 15.5 Å². The molecule has 3 aromatic rings. The van der Waals surface area contributed by atoms with Crippen molar-refractivity contribution in [3.05, 3.63) is 42.0 Å². The van der Waals surface area contributed by atoms with Gasteiger partial charge in [0.2, 0.25) is 0 Å². The highest BCUT2D eigenvalue weighted by molar-refractivity contribution is 5.90. The lowest BCUT2D eigenvalue weighted by molar-refractivity contribution is 0.120. The summed E-state index contributed by atoms with van der Waals surface area (Å²) in [4.78, 5) is 19.6. The molecule has 8 heteroatoms. The van der Waals surface area contributed by atoms with Crippen molar-refractivity contribution in [1.82, 2.24) is 25.3 Å². The number of H-pyrrole nitrogens is 1. The topological polar surface area (TPSA) is 102 Å². The SMILES string of the molecule is C[C@@H]1CN(c2cccc(CNc3ncnc4[nH]cc(C5CCCC(O)C5)c34)n2)C[C@H](C)N1. The smallest absolute Gasteiger partial charge is 0.143 e. The fourth-order valence-corrected chi connectivity index (χ4v) is 5.32. The van der Waals surface area contributed by atoms with Crippen molar-refractivity contribution >= 4 is 22.7 Å². The van der Waals surface area contributed by atoms with Gasteiger partial charge >= 0.3 is 0 Å². The molecule has 1 aliphatic carbocycles. The molecule has 2 fully saturated rings. The van der Waals surface area contributed by atoms with Gasteiger partial charge in [0.05, 0.1) is 23.7 Å². The Morgan fingerprint density at radius 1 is 1.16 bits per heavy atom. The van der Waals surface area contributed by atoms with E-state index in [2.05, 4.69) is 62.5 Å². The van der Waals surface area contributed by atoms with E-state index in [1.165, 1.54) is 5.56 Å². The Morgan fingerprint density at radius 3 is 2.81 bits per heavy atom. The molecule has 2 unspecified atom stereocenters. The second-order valence-electron chi connectivity index (χ2n) is 9.42. The van der Waals surface area contributed by atoms with E-state index in [4.69, 9.17) is 4.98 Å². The minimum absolute atomic E-state index is 0.220. The molecule has 4 N–H and O–H groups in total. The highest BCUT2D eigenvalue weighted by Crippen LogP contribution is 2.38. The first kappa shape index (κ1) is 21.2. The van der Waals surface area contributed by atoms with Gasteiger partial charge in [-0.1, -0.05) is 12.5 Å². The third-order valence-corrected chi connectivity index (χ3v) is 6.70. The van der Waals surface area contributed by atoms with E-state index in [-0.39, 0.29) is 6.10 Å². The molecule has 2 aliphatic rings. The molecule has 0 amide bonds. The van der Waals surface area contributed by atoms with Crippen molar-refractivity contribution in [1.29, 1.82) is 0 Å². The van der Waals surface area contributed by atoms with Crippen LogP contribution >= 0.6 is 0 Å². The first-order valence-electron chi connectivity index (χ1n) is 11.8. The van der Waals surface area contributed by atoms with Crippen molar-refractivity contribution in [2.24, 2.45) is 0 Å². The van der Waals surface area contributed by atoms with Gasteiger partial charge in [-0.25, -0.2) is 15.0 Å². The maximum Gasteiger partial charge on any atom is 0.143 e. The molecule has 5 rings (SSSR count). The van der Waals surface area contributed by atoms with E-state index in [0.29, 0.717) is 24.5 Å². The zero-order valence-corrected chi connectivity index (χ0v) is 18.9. The highest BCUT2D eigenvalue weighted by atomic mass is 16.3. The number of pyridine rings is 1. The molecule has 1 aliphatic heterocycles. The Bertz CT molecular complexity index is 1060. The summed E-state index contributed by atoms with van der Waals surface area (Å²) in [6.45, 7) is 6.94. The number of piperazine rings is 1. The maximum absolute atomic E-state index is 10.2. The van der Waals surface area contributed by atoms with E-state index in [1.807, 2.05) is 6.20 Å². The molecule has 0 spiro atoms. The van der Waals surface area contributed by atoms with E-state index in [0.717, 1.165) is 67.1 Å². The molecule has 8 nitrogen and oxygen atoms in total. The lowest BCUT2D eigenvalue weighted by Gasteiger charge is -2.37. The summed E-state index contributed by atoms with van der Waals surface area (Å²) in [6.07, 6.45) is 7.24. The predicted octanol–water partition coefficient (Wildman–Crippen LogP) is 3.17. The monoisotopic (exact) mass is 435 g/mol. The van der Waals surface area contributed by atoms with Gasteiger partial charge in [-0.15, -0.1) is 0 Å². The summed E-state index contributed by atoms with van der Waals surface area (Å²) < 4.78 is 0. The van der Waals surface area contributed by atoms with E-state index >= 15 is 0 Å². The largest absolute Gasteiger partial charge is 0.393 e. The average molecular weight is 436 g/mol. The summed E-state index contributed by atoms with van der Waals surface area (Å²) in [5.74, 6) is 2.18. The number of anilines is 2. The van der Waals surface area contributed by atoms with E-state index in [9.17, 15) is 5.11 Å². The minimum Gasteiger partial charge on any atom is -0.393 e. The van der Waals surface area contributed by atoms with Gasteiger partial charge in [-0.2, -0.15) is 0 Å². The van der Waals surface area contributed by atoms with Crippen molar-refractivity contribution in [2.75, 3.05) is 23.3 Å². The lowest BCUT2D eigenvalue weighted by Crippen LogP contribution is -2.54. The number of aliphatic hydroxyl groups is 1. The molecule has 0 bridgehead atoms. The van der Waals surface area contributed by atoms with E-state index in [1.54, 1.807) is 6.33 Å². The van der Waals surface area contributed by atoms with E-state index < -0.39 is 0 Å². The minimum atomic E-state index is -0.220. The third-order valence-electron chi connectivity index (χ3n) is 6.70. The number of aliphatic hydroxyl groups excluding tert-OH is 1. The van der Waals surface area contributed by atoms with Crippen LogP contribution in [0.4, 0.5) is 11.6 Å². The second-order valence-corrected chi connectivity index (χ2v) is 9.42. The first-order valence-corrected chi connectivity index (χ1v) is 11.8. The van der Waals surface area contributed by atoms with Crippen LogP contribution in [-0.2, 0) is 6.54 Å². The van der Waals surface area contributed by atoms with Crippen molar-refractivity contribution in [3.8, 4) is 0 Å². The summed E-state index contributed by atoms with van der Waals surface area (Å²) in [5, 5.41) is 18.3. The number of rotatable bonds is 5. The Labute approximate surface area is 188 Å². The predicted molar refractivity (Wildman–Crippen MR) is 127 cm³/mol. The number of nitrogens with zero attached hydrogens (tertiary/aromatic N) is 4. The Hall–Kier alpha value is -2.71. The third kappa shape index (κ3) is 4.42. The van der Waals surface area contributed by atoms with Gasteiger partial charge in [-0.3, -0.25) is 0 Å². The average Bonchev–Trinajstić information content (AvgIpc) is 3.22. The van der Waals surface area contributed by atoms with Crippen molar-refractivity contribution < 1.29 is 5.11 Å². The zero-order chi connectivity index (χ0) is 22.1. The van der Waals surface area contributed by atoms with Crippen LogP contribution in [0.3, 0.4) is 0 Å². The molecule has 32 heavy (non-hydrogen) atoms. The summed E-state index contributed by atoms with van der Waals surface area (Å²) in [5.41, 5.74) is 3.02. The summed E-state index contributed by atoms with van der Waals surface area (Å²) >= 11 is 0. The molecule has 170 valence electrons. The number of hydrogen-bond acceptors (Lipinski definition) is 7. The highest BCUT2D eigenvalue weighted by Gasteiger charge is 2.26. The normalized spacial score (nSPS) is 26.4. The van der Waals surface area contributed by atoms with Crippen LogP contribution in [0, 0.1) is 0 Å². The number of fused-ring (bicyclic) bond motifs is 1. The first-order chi connectivity index (χ1) is 15.6. The van der Waals surface area contributed by atoms with Crippen molar-refractivity contribution in [2.45, 2.75) is 70.2 Å². The summed E-state index contributed by atoms with van der Waals surface area (Å²) in [6, 6.07) is 7.12. The molecule has 1 saturated heterocycles. The van der Waals surface area contributed by atoms with Crippen LogP contribution in [0.5, 0.6) is 0 Å². The Morgan fingerprint density at radius 2 is 2.00 bits per heavy atom. The molecular formula is C24H33N7O. The van der Waals surface area contributed by atoms with Crippen molar-refractivity contribution in [3.63, 3.8) is 0 Å². The fraction of sp³-hybridized carbons (Fsp3) is 0.542. The zero-order valence-electron chi connectivity index (χ0n) is 18.9. The Balaban J connectivity index is 1.35. The summed E-state index contributed by atoms with van der Waals surface area (Å²) in [7, 11) is 0. The van der Waals surface area contributed by atoms with Crippen LogP contribution in [0.2, 0.25) is 0 Å². The van der Waals surface area contributed by atoms with Crippen LogP contribution in [0.1, 0.15) is 56.7 Å². The van der Waals surface area contributed by atoms with Crippen LogP contribution in [0.15, 0.2) is 30.7 Å². The maximum atomic E-state index is 10.2. The van der Waals surface area contributed by atoms with Gasteiger partial charge < -0.3 is 25.6 Å². The molecule has 1 saturated carbocycles. The number of aromatic nitrogens is 4. The number of hydrogen-bond donors (Lipinski definition) is 4. The standard InChI is InChI=1S/C24H33N7O/c1-15-12-31(13-16(2)29-15)21-8-4-6-18(30-21)10-25-23-22-20(11-26-24(22)28-14-27-23)17-5-3-7-19(32)9-17/h4,6,8,11,14-17,19,29,32H,3,5,7,9-10,12-13H2,1-2H3,(H2,25,26,27,28)/t15-,16+,17?,19?. The van der Waals surface area contributed by atoms with Gasteiger partial charge in [0, 0.05) is 31.4 Å². The number of nitrogens with one attached hydrogen (secondary N) is 3. The number of aromatic amines is 1. The second kappa shape index (κ2) is 9.03. The van der Waals surface area contributed by atoms with Gasteiger partial charge in [-0.05, 0) is 56.7 Å². The fourth-order valence-electron chi connectivity index (χ4n) is 5.32. The lowest BCUT2D eigenvalue weighted by atomic mass is 9.82. The molecule has 0 aromatic carbocycles. The molecule has 3 aromatic heterocycles. The van der Waals surface area contributed by atoms with Gasteiger partial charge in [0.1, 0.15) is 23.6 Å². The molecule has 4 atom stereocenters. The van der Waals surface area contributed by atoms with Crippen LogP contribution in [-0.4, -0.2) is 56.3 Å². The quantitative estimate of drug-likeness (QED) is 0.488. The molecule has 0 radical (unpaired) electrons. The van der Waals surface area contributed by atoms with Gasteiger partial charge in [0.25, 0.3) is 0 Å².